The lowest BCUT2D eigenvalue weighted by Crippen LogP contribution is -2.48. The Hall–Kier alpha value is -2.38. The number of epoxide rings is 1. The van der Waals surface area contributed by atoms with Crippen LogP contribution in [0.15, 0.2) is 57.7 Å². The molecule has 0 bridgehead atoms. The molecule has 4 heterocycles. The van der Waals surface area contributed by atoms with E-state index in [1.165, 1.54) is 11.4 Å². The van der Waals surface area contributed by atoms with E-state index < -0.39 is 23.5 Å². The van der Waals surface area contributed by atoms with Crippen LogP contribution in [0.3, 0.4) is 0 Å². The lowest BCUT2D eigenvalue weighted by molar-refractivity contribution is -0.160. The molecule has 7 atom stereocenters. The molecule has 9 nitrogen and oxygen atoms in total. The monoisotopic (exact) mass is 716 g/mol. The number of esters is 1. The molecule has 0 unspecified atom stereocenters. The Labute approximate surface area is 296 Å². The number of amides is 1. The number of ether oxygens (including phenoxy) is 2. The number of fused-ring (bicyclic) bond motifs is 1. The number of carbonyl (C=O) groups excluding carboxylic acids is 3. The van der Waals surface area contributed by atoms with Crippen molar-refractivity contribution in [2.45, 2.75) is 121 Å². The van der Waals surface area contributed by atoms with Crippen molar-refractivity contribution in [3.63, 3.8) is 0 Å². The van der Waals surface area contributed by atoms with Crippen LogP contribution in [-0.4, -0.2) is 74.5 Å². The first-order valence-electron chi connectivity index (χ1n) is 16.7. The van der Waals surface area contributed by atoms with Crippen molar-refractivity contribution >= 4 is 61.7 Å². The van der Waals surface area contributed by atoms with E-state index in [1.54, 1.807) is 48.6 Å². The van der Waals surface area contributed by atoms with Gasteiger partial charge in [0.2, 0.25) is 22.6 Å². The molecule has 0 aliphatic carbocycles. The van der Waals surface area contributed by atoms with Crippen LogP contribution in [0.4, 0.5) is 0 Å². The van der Waals surface area contributed by atoms with Gasteiger partial charge in [-0.25, -0.2) is 4.98 Å². The fourth-order valence-corrected chi connectivity index (χ4v) is 8.83. The quantitative estimate of drug-likeness (QED) is 0.0777. The summed E-state index contributed by atoms with van der Waals surface area (Å²) in [5, 5.41) is 18.0. The summed E-state index contributed by atoms with van der Waals surface area (Å²) in [6.07, 6.45) is 5.37. The zero-order chi connectivity index (χ0) is 35.1. The van der Waals surface area contributed by atoms with Crippen molar-refractivity contribution < 1.29 is 29.0 Å². The van der Waals surface area contributed by atoms with Crippen molar-refractivity contribution in [1.82, 2.24) is 10.3 Å². The van der Waals surface area contributed by atoms with E-state index in [2.05, 4.69) is 28.8 Å². The molecule has 2 N–H and O–H groups in total. The first-order chi connectivity index (χ1) is 22.7. The Balaban J connectivity index is 1.44. The first-order valence-corrected chi connectivity index (χ1v) is 19.9. The normalized spacial score (nSPS) is 31.5. The predicted molar refractivity (Wildman–Crippen MR) is 197 cm³/mol. The van der Waals surface area contributed by atoms with Gasteiger partial charge in [0.25, 0.3) is 0 Å². The highest BCUT2D eigenvalue weighted by molar-refractivity contribution is 8.76. The molecule has 3 aliphatic rings. The topological polar surface area (TPSA) is 130 Å². The SMILES string of the molecule is C=C1N=C(/C=C(\C)[C@@H]2C[C@@H]3O[C@]3(C)CCC[C@H](C)[C@H](OC(=O)CCCSSc3ccccn3)[C@@H](C)C(=O)C(C)(C)[C@@H](O)CC(=O)N2)C=[S+]1. The third-order valence-corrected chi connectivity index (χ3v) is 12.7. The van der Waals surface area contributed by atoms with Gasteiger partial charge < -0.3 is 19.9 Å². The fourth-order valence-electron chi connectivity index (χ4n) is 6.33. The van der Waals surface area contributed by atoms with Gasteiger partial charge in [0, 0.05) is 24.8 Å². The van der Waals surface area contributed by atoms with Crippen molar-refractivity contribution in [1.29, 1.82) is 0 Å². The molecule has 3 aliphatic heterocycles. The number of aromatic nitrogens is 1. The van der Waals surface area contributed by atoms with E-state index in [4.69, 9.17) is 9.47 Å². The van der Waals surface area contributed by atoms with Crippen LogP contribution in [0.5, 0.6) is 0 Å². The summed E-state index contributed by atoms with van der Waals surface area (Å²) in [7, 11) is 3.21. The Morgan fingerprint density at radius 3 is 2.73 bits per heavy atom. The van der Waals surface area contributed by atoms with Crippen molar-refractivity contribution in [3.8, 4) is 0 Å². The maximum absolute atomic E-state index is 14.0. The zero-order valence-corrected chi connectivity index (χ0v) is 31.3. The van der Waals surface area contributed by atoms with Gasteiger partial charge in [0.05, 0.1) is 41.6 Å². The number of pyridine rings is 1. The third-order valence-electron chi connectivity index (χ3n) is 9.62. The number of carbonyl (C=O) groups is 3. The number of hydrogen-bond donors (Lipinski definition) is 2. The van der Waals surface area contributed by atoms with E-state index in [1.807, 2.05) is 43.5 Å². The number of aliphatic hydroxyl groups is 1. The number of hydrogen-bond acceptors (Lipinski definition) is 10. The third kappa shape index (κ3) is 10.6. The molecule has 48 heavy (non-hydrogen) atoms. The average molecular weight is 717 g/mol. The molecule has 1 aromatic rings. The molecule has 1 amide bonds. The lowest BCUT2D eigenvalue weighted by atomic mass is 9.72. The first kappa shape index (κ1) is 38.4. The van der Waals surface area contributed by atoms with Crippen LogP contribution in [0, 0.1) is 17.3 Å². The largest absolute Gasteiger partial charge is 0.461 e. The molecule has 2 saturated heterocycles. The van der Waals surface area contributed by atoms with E-state index in [0.29, 0.717) is 12.8 Å². The van der Waals surface area contributed by atoms with E-state index in [-0.39, 0.29) is 54.2 Å². The van der Waals surface area contributed by atoms with Gasteiger partial charge in [-0.15, -0.1) is 0 Å². The zero-order valence-electron chi connectivity index (χ0n) is 28.9. The molecule has 262 valence electrons. The predicted octanol–water partition coefficient (Wildman–Crippen LogP) is 6.11. The summed E-state index contributed by atoms with van der Waals surface area (Å²) in [5.74, 6) is -0.939. The summed E-state index contributed by atoms with van der Waals surface area (Å²) in [4.78, 5) is 49.2. The second-order valence-corrected chi connectivity index (χ2v) is 17.3. The average Bonchev–Trinajstić information content (AvgIpc) is 3.48. The number of nitrogens with one attached hydrogen (secondary N) is 1. The van der Waals surface area contributed by atoms with Gasteiger partial charge in [-0.2, -0.15) is 4.99 Å². The van der Waals surface area contributed by atoms with Gasteiger partial charge in [-0.05, 0) is 80.2 Å². The minimum atomic E-state index is -1.25. The van der Waals surface area contributed by atoms with Gasteiger partial charge in [-0.1, -0.05) is 51.0 Å². The second kappa shape index (κ2) is 17.0. The summed E-state index contributed by atoms with van der Waals surface area (Å²) >= 11 is 1.46. The van der Waals surface area contributed by atoms with Crippen LogP contribution < -0.4 is 5.32 Å². The van der Waals surface area contributed by atoms with Crippen molar-refractivity contribution in [2.75, 3.05) is 5.75 Å². The minimum absolute atomic E-state index is 0.0441. The molecule has 1 aromatic heterocycles. The van der Waals surface area contributed by atoms with Crippen LogP contribution in [-0.2, 0) is 35.2 Å². The molecular weight excluding hydrogens is 667 g/mol. The lowest BCUT2D eigenvalue weighted by Gasteiger charge is -2.36. The van der Waals surface area contributed by atoms with Crippen LogP contribution >= 0.6 is 21.6 Å². The molecule has 0 spiro atoms. The van der Waals surface area contributed by atoms with Gasteiger partial charge >= 0.3 is 11.0 Å². The van der Waals surface area contributed by atoms with Gasteiger partial charge in [0.15, 0.2) is 0 Å². The molecule has 0 saturated carbocycles. The molecule has 4 rings (SSSR count). The van der Waals surface area contributed by atoms with Gasteiger partial charge in [-0.3, -0.25) is 14.4 Å². The summed E-state index contributed by atoms with van der Waals surface area (Å²) in [5.41, 5.74) is 0.129. The smallest absolute Gasteiger partial charge is 0.316 e. The highest BCUT2D eigenvalue weighted by atomic mass is 33.1. The fraction of sp³-hybridized carbons (Fsp3) is 0.611. The molecular formula is C36H50N3O6S3+. The maximum Gasteiger partial charge on any atom is 0.316 e. The summed E-state index contributed by atoms with van der Waals surface area (Å²) in [6, 6.07) is 5.44. The van der Waals surface area contributed by atoms with Crippen LogP contribution in [0.2, 0.25) is 0 Å². The summed E-state index contributed by atoms with van der Waals surface area (Å²) < 4.78 is 12.3. The maximum atomic E-state index is 14.0. The van der Waals surface area contributed by atoms with Crippen LogP contribution in [0.25, 0.3) is 0 Å². The Morgan fingerprint density at radius 1 is 1.27 bits per heavy atom. The van der Waals surface area contributed by atoms with Crippen molar-refractivity contribution in [2.24, 2.45) is 22.2 Å². The number of allylic oxidation sites excluding steroid dienone is 1. The second-order valence-electron chi connectivity index (χ2n) is 13.9. The molecule has 12 heteroatoms. The standard InChI is InChI=1S/C36H49N3O6S3/c1-22-12-10-15-36(7)29(45-36)19-27(23(2)18-26-21-46-25(4)38-26)39-30(41)20-28(40)35(5,6)34(43)24(3)33(22)44-32(42)14-11-17-47-48-31-13-8-9-16-37-31/h8-9,13,16,18,21-22,24,27-29,33,40H,4,10-12,14-15,17,19-20H2,1-3,5-7H3/p+1/b23-18+/t22-,24+,27-,28-,29-,33-,36+/m0/s1. The van der Waals surface area contributed by atoms with Crippen molar-refractivity contribution in [3.05, 3.63) is 47.7 Å². The number of Topliss-reactive ketones (excluding diaryl/α,β-unsaturated/α-hetero) is 1. The Kier molecular flexibility index (Phi) is 13.6. The molecule has 2 fully saturated rings. The van der Waals surface area contributed by atoms with E-state index in [0.717, 1.165) is 46.4 Å². The summed E-state index contributed by atoms with van der Waals surface area (Å²) in [6.45, 7) is 15.1. The highest BCUT2D eigenvalue weighted by Gasteiger charge is 2.52. The minimum Gasteiger partial charge on any atom is -0.461 e. The Bertz CT molecular complexity index is 1430. The molecule has 0 aromatic carbocycles. The number of aliphatic imine (C=N–C) groups is 1. The Morgan fingerprint density at radius 2 is 2.04 bits per heavy atom. The highest BCUT2D eigenvalue weighted by Crippen LogP contribution is 2.44. The van der Waals surface area contributed by atoms with Crippen LogP contribution in [0.1, 0.15) is 86.5 Å². The number of nitrogens with zero attached hydrogens (tertiary/aromatic N) is 2. The van der Waals surface area contributed by atoms with E-state index >= 15 is 0 Å². The van der Waals surface area contributed by atoms with E-state index in [9.17, 15) is 19.5 Å². The molecule has 0 radical (unpaired) electrons. The number of rotatable bonds is 9. The number of ketones is 1. The number of aliphatic hydroxyl groups excluding tert-OH is 1. The van der Waals surface area contributed by atoms with Gasteiger partial charge in [0.1, 0.15) is 22.6 Å².